The molecule has 17 heavy (non-hydrogen) atoms. The summed E-state index contributed by atoms with van der Waals surface area (Å²) >= 11 is 0. The Kier molecular flexibility index (Phi) is 4.20. The highest BCUT2D eigenvalue weighted by molar-refractivity contribution is 5.64. The molecule has 3 nitrogen and oxygen atoms in total. The van der Waals surface area contributed by atoms with Crippen LogP contribution >= 0.6 is 0 Å². The van der Waals surface area contributed by atoms with Gasteiger partial charge in [-0.05, 0) is 12.5 Å². The monoisotopic (exact) mass is 247 g/mol. The maximum Gasteiger partial charge on any atom is 0.417 e. The van der Waals surface area contributed by atoms with Gasteiger partial charge in [0.1, 0.15) is 5.82 Å². The van der Waals surface area contributed by atoms with Crippen LogP contribution in [-0.4, -0.2) is 18.6 Å². The molecule has 0 saturated heterocycles. The molecular formula is C11H16F3N3. The van der Waals surface area contributed by atoms with E-state index >= 15 is 0 Å². The summed E-state index contributed by atoms with van der Waals surface area (Å²) in [6.45, 7) is 2.67. The van der Waals surface area contributed by atoms with Gasteiger partial charge in [0.2, 0.25) is 0 Å². The number of aromatic nitrogens is 1. The van der Waals surface area contributed by atoms with Crippen molar-refractivity contribution in [1.82, 2.24) is 4.98 Å². The molecule has 0 atom stereocenters. The fraction of sp³-hybridized carbons (Fsp3) is 0.545. The van der Waals surface area contributed by atoms with Crippen LogP contribution in [0.25, 0.3) is 0 Å². The molecule has 2 N–H and O–H groups in total. The van der Waals surface area contributed by atoms with Crippen molar-refractivity contribution in [2.75, 3.05) is 24.2 Å². The van der Waals surface area contributed by atoms with Gasteiger partial charge in [0.25, 0.3) is 0 Å². The topological polar surface area (TPSA) is 42.2 Å². The number of nitrogen functional groups attached to an aromatic ring is 1. The predicted octanol–water partition coefficient (Wildman–Crippen LogP) is 2.92. The molecule has 0 aliphatic carbocycles. The predicted molar refractivity (Wildman–Crippen MR) is 61.8 cm³/mol. The largest absolute Gasteiger partial charge is 0.417 e. The van der Waals surface area contributed by atoms with Gasteiger partial charge in [-0.2, -0.15) is 13.2 Å². The highest BCUT2D eigenvalue weighted by Crippen LogP contribution is 2.32. The van der Waals surface area contributed by atoms with E-state index in [-0.39, 0.29) is 5.82 Å². The third kappa shape index (κ3) is 3.51. The number of hydrogen-bond donors (Lipinski definition) is 1. The minimum Gasteiger partial charge on any atom is -0.382 e. The second-order valence-corrected chi connectivity index (χ2v) is 3.90. The first-order chi connectivity index (χ1) is 7.86. The molecule has 0 bridgehead atoms. The standard InChI is InChI=1S/C11H16F3N3/c1-3-4-5-17(2)9-6-8(11(12,13)14)7-16-10(9)15/h6-7H,3-5H2,1-2H3,(H2,15,16). The van der Waals surface area contributed by atoms with E-state index in [0.29, 0.717) is 12.2 Å². The summed E-state index contributed by atoms with van der Waals surface area (Å²) in [5.74, 6) is 0.122. The lowest BCUT2D eigenvalue weighted by Gasteiger charge is -2.21. The van der Waals surface area contributed by atoms with E-state index in [1.165, 1.54) is 0 Å². The quantitative estimate of drug-likeness (QED) is 0.889. The molecule has 0 aromatic carbocycles. The smallest absolute Gasteiger partial charge is 0.382 e. The van der Waals surface area contributed by atoms with Gasteiger partial charge >= 0.3 is 6.18 Å². The normalized spacial score (nSPS) is 11.6. The van der Waals surface area contributed by atoms with Crippen molar-refractivity contribution in [1.29, 1.82) is 0 Å². The van der Waals surface area contributed by atoms with Crippen molar-refractivity contribution in [3.63, 3.8) is 0 Å². The number of hydrogen-bond acceptors (Lipinski definition) is 3. The first-order valence-electron chi connectivity index (χ1n) is 5.40. The Morgan fingerprint density at radius 3 is 2.59 bits per heavy atom. The van der Waals surface area contributed by atoms with Gasteiger partial charge in [-0.3, -0.25) is 0 Å². The maximum atomic E-state index is 12.5. The van der Waals surface area contributed by atoms with E-state index in [2.05, 4.69) is 4.98 Å². The second-order valence-electron chi connectivity index (χ2n) is 3.90. The molecule has 0 unspecified atom stereocenters. The molecule has 0 amide bonds. The van der Waals surface area contributed by atoms with Crippen molar-refractivity contribution in [3.05, 3.63) is 17.8 Å². The summed E-state index contributed by atoms with van der Waals surface area (Å²) in [5, 5.41) is 0. The SMILES string of the molecule is CCCCN(C)c1cc(C(F)(F)F)cnc1N. The van der Waals surface area contributed by atoms with Crippen LogP contribution in [0.2, 0.25) is 0 Å². The van der Waals surface area contributed by atoms with Crippen LogP contribution in [0.1, 0.15) is 25.3 Å². The zero-order chi connectivity index (χ0) is 13.1. The van der Waals surface area contributed by atoms with Crippen molar-refractivity contribution in [2.45, 2.75) is 25.9 Å². The molecule has 96 valence electrons. The molecule has 1 aromatic heterocycles. The molecule has 1 rings (SSSR count). The van der Waals surface area contributed by atoms with Gasteiger partial charge in [-0.1, -0.05) is 13.3 Å². The molecule has 0 aliphatic heterocycles. The molecule has 6 heteroatoms. The van der Waals surface area contributed by atoms with Gasteiger partial charge in [-0.25, -0.2) is 4.98 Å². The summed E-state index contributed by atoms with van der Waals surface area (Å²) in [4.78, 5) is 5.29. The molecular weight excluding hydrogens is 231 g/mol. The molecule has 0 fully saturated rings. The van der Waals surface area contributed by atoms with E-state index < -0.39 is 11.7 Å². The Morgan fingerprint density at radius 2 is 2.06 bits per heavy atom. The number of halogens is 3. The fourth-order valence-electron chi connectivity index (χ4n) is 1.44. The number of rotatable bonds is 4. The molecule has 1 aromatic rings. The molecule has 0 saturated carbocycles. The Bertz CT molecular complexity index is 377. The van der Waals surface area contributed by atoms with Crippen molar-refractivity contribution < 1.29 is 13.2 Å². The second kappa shape index (κ2) is 5.25. The van der Waals surface area contributed by atoms with Crippen LogP contribution in [0.5, 0.6) is 0 Å². The third-order valence-corrected chi connectivity index (χ3v) is 2.48. The van der Waals surface area contributed by atoms with E-state index in [9.17, 15) is 13.2 Å². The number of pyridine rings is 1. The van der Waals surface area contributed by atoms with E-state index in [1.54, 1.807) is 11.9 Å². The molecule has 1 heterocycles. The summed E-state index contributed by atoms with van der Waals surface area (Å²) in [6.07, 6.45) is -1.77. The number of nitrogens with zero attached hydrogens (tertiary/aromatic N) is 2. The zero-order valence-electron chi connectivity index (χ0n) is 9.88. The molecule has 0 spiro atoms. The first-order valence-corrected chi connectivity index (χ1v) is 5.40. The Hall–Kier alpha value is -1.46. The van der Waals surface area contributed by atoms with Gasteiger partial charge in [-0.15, -0.1) is 0 Å². The van der Waals surface area contributed by atoms with Crippen molar-refractivity contribution in [2.24, 2.45) is 0 Å². The highest BCUT2D eigenvalue weighted by atomic mass is 19.4. The van der Waals surface area contributed by atoms with E-state index in [0.717, 1.165) is 25.1 Å². The van der Waals surface area contributed by atoms with Gasteiger partial charge in [0.05, 0.1) is 11.3 Å². The van der Waals surface area contributed by atoms with Crippen LogP contribution in [0.15, 0.2) is 12.3 Å². The number of nitrogens with two attached hydrogens (primary N) is 1. The minimum atomic E-state index is -4.39. The van der Waals surface area contributed by atoms with Crippen molar-refractivity contribution in [3.8, 4) is 0 Å². The summed E-state index contributed by atoms with van der Waals surface area (Å²) in [5.41, 5.74) is 5.14. The van der Waals surface area contributed by atoms with Crippen LogP contribution in [0, 0.1) is 0 Å². The molecule has 0 radical (unpaired) electrons. The lowest BCUT2D eigenvalue weighted by molar-refractivity contribution is -0.137. The van der Waals surface area contributed by atoms with Crippen molar-refractivity contribution >= 4 is 11.5 Å². The average Bonchev–Trinajstić information content (AvgIpc) is 2.24. The summed E-state index contributed by atoms with van der Waals surface area (Å²) < 4.78 is 37.5. The molecule has 0 aliphatic rings. The first kappa shape index (κ1) is 13.6. The zero-order valence-corrected chi connectivity index (χ0v) is 9.88. The number of unbranched alkanes of at least 4 members (excludes halogenated alkanes) is 1. The maximum absolute atomic E-state index is 12.5. The number of alkyl halides is 3. The Morgan fingerprint density at radius 1 is 1.41 bits per heavy atom. The van der Waals surface area contributed by atoms with Crippen LogP contribution in [0.3, 0.4) is 0 Å². The third-order valence-electron chi connectivity index (χ3n) is 2.48. The highest BCUT2D eigenvalue weighted by Gasteiger charge is 2.31. The lowest BCUT2D eigenvalue weighted by Crippen LogP contribution is -2.21. The summed E-state index contributed by atoms with van der Waals surface area (Å²) in [7, 11) is 1.71. The van der Waals surface area contributed by atoms with E-state index in [4.69, 9.17) is 5.73 Å². The van der Waals surface area contributed by atoms with Crippen LogP contribution in [0.4, 0.5) is 24.7 Å². The number of anilines is 2. The van der Waals surface area contributed by atoms with Crippen LogP contribution in [-0.2, 0) is 6.18 Å². The Balaban J connectivity index is 2.98. The van der Waals surface area contributed by atoms with Crippen LogP contribution < -0.4 is 10.6 Å². The Labute approximate surface area is 98.4 Å². The van der Waals surface area contributed by atoms with Gasteiger partial charge < -0.3 is 10.6 Å². The van der Waals surface area contributed by atoms with Gasteiger partial charge in [0.15, 0.2) is 0 Å². The average molecular weight is 247 g/mol. The van der Waals surface area contributed by atoms with Gasteiger partial charge in [0, 0.05) is 19.8 Å². The minimum absolute atomic E-state index is 0.122. The summed E-state index contributed by atoms with van der Waals surface area (Å²) in [6, 6.07) is 1.04. The lowest BCUT2D eigenvalue weighted by atomic mass is 10.2. The van der Waals surface area contributed by atoms with E-state index in [1.807, 2.05) is 6.92 Å². The fourth-order valence-corrected chi connectivity index (χ4v) is 1.44.